The maximum atomic E-state index is 12.9. The Hall–Kier alpha value is -4.58. The van der Waals surface area contributed by atoms with E-state index in [1.165, 1.54) is 0 Å². The van der Waals surface area contributed by atoms with E-state index in [0.717, 1.165) is 22.8 Å². The van der Waals surface area contributed by atoms with Crippen molar-refractivity contribution in [2.75, 3.05) is 0 Å². The molecule has 0 atom stereocenters. The van der Waals surface area contributed by atoms with Gasteiger partial charge >= 0.3 is 11.6 Å². The number of cyclic esters (lactones) is 1. The average Bonchev–Trinajstić information content (AvgIpc) is 2.86. The van der Waals surface area contributed by atoms with Gasteiger partial charge < -0.3 is 9.15 Å². The summed E-state index contributed by atoms with van der Waals surface area (Å²) in [6, 6.07) is 22.1. The molecule has 1 aliphatic heterocycles. The number of ether oxygens (including phenoxy) is 1. The molecule has 2 aromatic heterocycles. The summed E-state index contributed by atoms with van der Waals surface area (Å²) in [5, 5.41) is 1.98. The van der Waals surface area contributed by atoms with Gasteiger partial charge in [0.05, 0.1) is 22.0 Å². The van der Waals surface area contributed by atoms with E-state index >= 15 is 0 Å². The smallest absolute Gasteiger partial charge is 0.347 e. The molecule has 0 unspecified atom stereocenters. The lowest BCUT2D eigenvalue weighted by Crippen LogP contribution is -2.11. The van der Waals surface area contributed by atoms with Crippen LogP contribution in [0.5, 0.6) is 0 Å². The first kappa shape index (κ1) is 20.1. The standard InChI is InChI=1S/C28H18N2O4/c31-27-18-10-2-1-8-17(18)9-7-15-24(33-27)25-20-12-4-3-11-19(20)22(16-29-25)26-30-23-14-6-5-13-21(23)28(32)34-26/h1-6,8,10-16H,7,9H2. The van der Waals surface area contributed by atoms with E-state index in [1.54, 1.807) is 30.5 Å². The molecule has 0 N–H and O–H groups in total. The number of hydrogen-bond donors (Lipinski definition) is 0. The average molecular weight is 446 g/mol. The van der Waals surface area contributed by atoms with Crippen molar-refractivity contribution in [3.05, 3.63) is 112 Å². The van der Waals surface area contributed by atoms with E-state index in [1.807, 2.05) is 54.6 Å². The minimum atomic E-state index is -0.455. The molecule has 6 rings (SSSR count). The first-order chi connectivity index (χ1) is 16.7. The second-order valence-corrected chi connectivity index (χ2v) is 8.04. The maximum absolute atomic E-state index is 12.9. The Morgan fingerprint density at radius 3 is 2.38 bits per heavy atom. The summed E-state index contributed by atoms with van der Waals surface area (Å²) in [5.74, 6) is 0.199. The summed E-state index contributed by atoms with van der Waals surface area (Å²) in [6.45, 7) is 0. The quantitative estimate of drug-likeness (QED) is 0.331. The number of hydrogen-bond acceptors (Lipinski definition) is 6. The molecule has 6 nitrogen and oxygen atoms in total. The number of benzene rings is 3. The molecule has 0 bridgehead atoms. The highest BCUT2D eigenvalue weighted by Crippen LogP contribution is 2.33. The maximum Gasteiger partial charge on any atom is 0.347 e. The van der Waals surface area contributed by atoms with Gasteiger partial charge in [0.1, 0.15) is 5.69 Å². The molecule has 0 fully saturated rings. The Bertz CT molecular complexity index is 1680. The third kappa shape index (κ3) is 3.36. The van der Waals surface area contributed by atoms with Gasteiger partial charge in [-0.1, -0.05) is 54.6 Å². The number of fused-ring (bicyclic) bond motifs is 3. The zero-order chi connectivity index (χ0) is 23.1. The van der Waals surface area contributed by atoms with Gasteiger partial charge in [0.2, 0.25) is 5.89 Å². The SMILES string of the molecule is O=C1OC(c2ncc(-c3nc4ccccc4c(=O)o3)c3ccccc23)=CCCc2ccccc21. The van der Waals surface area contributed by atoms with E-state index in [9.17, 15) is 9.59 Å². The summed E-state index contributed by atoms with van der Waals surface area (Å²) in [6.07, 6.45) is 4.95. The first-order valence-corrected chi connectivity index (χ1v) is 11.0. The fraction of sp³-hybridized carbons (Fsp3) is 0.0714. The first-order valence-electron chi connectivity index (χ1n) is 11.0. The third-order valence-electron chi connectivity index (χ3n) is 5.98. The van der Waals surface area contributed by atoms with Gasteiger partial charge in [-0.3, -0.25) is 4.98 Å². The number of esters is 1. The van der Waals surface area contributed by atoms with Gasteiger partial charge in [-0.15, -0.1) is 0 Å². The zero-order valence-corrected chi connectivity index (χ0v) is 18.0. The van der Waals surface area contributed by atoms with E-state index in [2.05, 4.69) is 9.97 Å². The highest BCUT2D eigenvalue weighted by Gasteiger charge is 2.22. The Kier molecular flexibility index (Phi) is 4.77. The number of pyridine rings is 1. The van der Waals surface area contributed by atoms with Crippen molar-refractivity contribution < 1.29 is 13.9 Å². The Morgan fingerprint density at radius 2 is 1.50 bits per heavy atom. The molecule has 0 amide bonds. The monoisotopic (exact) mass is 446 g/mol. The fourth-order valence-corrected chi connectivity index (χ4v) is 4.33. The minimum absolute atomic E-state index is 0.191. The van der Waals surface area contributed by atoms with Gasteiger partial charge in [0, 0.05) is 11.6 Å². The lowest BCUT2D eigenvalue weighted by molar-refractivity contribution is 0.0688. The molecule has 6 heteroatoms. The van der Waals surface area contributed by atoms with Crippen LogP contribution in [0.4, 0.5) is 0 Å². The summed E-state index contributed by atoms with van der Waals surface area (Å²) in [4.78, 5) is 34.6. The van der Waals surface area contributed by atoms with Crippen molar-refractivity contribution in [3.63, 3.8) is 0 Å². The predicted molar refractivity (Wildman–Crippen MR) is 129 cm³/mol. The summed E-state index contributed by atoms with van der Waals surface area (Å²) in [5.41, 5.74) is 2.77. The van der Waals surface area contributed by atoms with E-state index in [4.69, 9.17) is 9.15 Å². The Morgan fingerprint density at radius 1 is 0.765 bits per heavy atom. The predicted octanol–water partition coefficient (Wildman–Crippen LogP) is 5.55. The zero-order valence-electron chi connectivity index (χ0n) is 18.0. The highest BCUT2D eigenvalue weighted by molar-refractivity contribution is 6.02. The molecule has 5 aromatic rings. The molecule has 34 heavy (non-hydrogen) atoms. The molecule has 1 aliphatic rings. The minimum Gasteiger partial charge on any atom is -0.421 e. The van der Waals surface area contributed by atoms with Crippen LogP contribution in [0.1, 0.15) is 28.0 Å². The van der Waals surface area contributed by atoms with Crippen molar-refractivity contribution in [2.24, 2.45) is 0 Å². The molecule has 0 radical (unpaired) electrons. The van der Waals surface area contributed by atoms with Crippen LogP contribution in [0.25, 0.3) is 38.9 Å². The second-order valence-electron chi connectivity index (χ2n) is 8.04. The van der Waals surface area contributed by atoms with Gasteiger partial charge in [-0.05, 0) is 48.1 Å². The molecular weight excluding hydrogens is 428 g/mol. The van der Waals surface area contributed by atoms with Gasteiger partial charge in [0.25, 0.3) is 0 Å². The van der Waals surface area contributed by atoms with Crippen LogP contribution in [-0.2, 0) is 11.2 Å². The normalized spacial score (nSPS) is 13.6. The van der Waals surface area contributed by atoms with Gasteiger partial charge in [0.15, 0.2) is 5.76 Å². The lowest BCUT2D eigenvalue weighted by Gasteiger charge is -2.16. The lowest BCUT2D eigenvalue weighted by atomic mass is 10.00. The number of nitrogens with zero attached hydrogens (tertiary/aromatic N) is 2. The summed E-state index contributed by atoms with van der Waals surface area (Å²) < 4.78 is 11.4. The third-order valence-corrected chi connectivity index (χ3v) is 5.98. The van der Waals surface area contributed by atoms with Crippen molar-refractivity contribution in [1.82, 2.24) is 9.97 Å². The van der Waals surface area contributed by atoms with Crippen LogP contribution in [0.15, 0.2) is 94.3 Å². The molecule has 0 spiro atoms. The van der Waals surface area contributed by atoms with Crippen LogP contribution in [0.2, 0.25) is 0 Å². The number of carbonyl (C=O) groups is 1. The number of rotatable bonds is 2. The van der Waals surface area contributed by atoms with Crippen molar-refractivity contribution in [3.8, 4) is 11.5 Å². The molecule has 0 saturated heterocycles. The highest BCUT2D eigenvalue weighted by atomic mass is 16.5. The molecule has 0 aliphatic carbocycles. The van der Waals surface area contributed by atoms with E-state index in [-0.39, 0.29) is 5.89 Å². The fourth-order valence-electron chi connectivity index (χ4n) is 4.33. The second kappa shape index (κ2) is 8.08. The Balaban J connectivity index is 1.49. The summed E-state index contributed by atoms with van der Waals surface area (Å²) >= 11 is 0. The van der Waals surface area contributed by atoms with Crippen molar-refractivity contribution >= 4 is 33.4 Å². The van der Waals surface area contributed by atoms with Crippen LogP contribution >= 0.6 is 0 Å². The van der Waals surface area contributed by atoms with E-state index < -0.39 is 11.6 Å². The number of aryl methyl sites for hydroxylation is 1. The van der Waals surface area contributed by atoms with Gasteiger partial charge in [-0.25, -0.2) is 14.6 Å². The van der Waals surface area contributed by atoms with Crippen molar-refractivity contribution in [1.29, 1.82) is 0 Å². The van der Waals surface area contributed by atoms with Crippen LogP contribution in [-0.4, -0.2) is 15.9 Å². The van der Waals surface area contributed by atoms with Gasteiger partial charge in [-0.2, -0.15) is 0 Å². The molecule has 164 valence electrons. The molecule has 3 heterocycles. The van der Waals surface area contributed by atoms with Crippen LogP contribution in [0, 0.1) is 0 Å². The summed E-state index contributed by atoms with van der Waals surface area (Å²) in [7, 11) is 0. The number of carbonyl (C=O) groups excluding carboxylic acids is 1. The molecule has 0 saturated carbocycles. The number of allylic oxidation sites excluding steroid dienone is 1. The largest absolute Gasteiger partial charge is 0.421 e. The van der Waals surface area contributed by atoms with E-state index in [0.29, 0.717) is 39.9 Å². The molecule has 3 aromatic carbocycles. The van der Waals surface area contributed by atoms with Crippen LogP contribution < -0.4 is 5.63 Å². The number of para-hydroxylation sites is 1. The number of aromatic nitrogens is 2. The van der Waals surface area contributed by atoms with Crippen molar-refractivity contribution in [2.45, 2.75) is 12.8 Å². The topological polar surface area (TPSA) is 82.3 Å². The van der Waals surface area contributed by atoms with Crippen LogP contribution in [0.3, 0.4) is 0 Å². The molecular formula is C28H18N2O4. The Labute approximate surface area is 194 Å².